The van der Waals surface area contributed by atoms with Crippen LogP contribution >= 0.6 is 15.9 Å². The first-order valence-corrected chi connectivity index (χ1v) is 4.65. The maximum atomic E-state index is 4.31. The topological polar surface area (TPSA) is 41.6 Å². The monoisotopic (exact) mass is 237 g/mol. The molecule has 0 spiro atoms. The zero-order valence-electron chi connectivity index (χ0n) is 7.13. The fraction of sp³-hybridized carbons (Fsp3) is 0.111. The van der Waals surface area contributed by atoms with E-state index in [4.69, 9.17) is 0 Å². The Morgan fingerprint density at radius 3 is 3.08 bits per heavy atom. The van der Waals surface area contributed by atoms with E-state index in [2.05, 4.69) is 37.7 Å². The van der Waals surface area contributed by atoms with Gasteiger partial charge in [-0.25, -0.2) is 4.98 Å². The van der Waals surface area contributed by atoms with E-state index in [1.54, 1.807) is 6.08 Å². The number of aromatic amines is 1. The third-order valence-corrected chi connectivity index (χ3v) is 2.71. The van der Waals surface area contributed by atoms with E-state index in [1.165, 1.54) is 0 Å². The van der Waals surface area contributed by atoms with Crippen molar-refractivity contribution >= 4 is 33.0 Å². The summed E-state index contributed by atoms with van der Waals surface area (Å²) in [7, 11) is 0. The van der Waals surface area contributed by atoms with Crippen molar-refractivity contribution in [1.82, 2.24) is 15.2 Å². The highest BCUT2D eigenvalue weighted by Crippen LogP contribution is 2.22. The van der Waals surface area contributed by atoms with Gasteiger partial charge >= 0.3 is 0 Å². The number of halogens is 1. The van der Waals surface area contributed by atoms with Crippen LogP contribution in [-0.2, 0) is 0 Å². The van der Waals surface area contributed by atoms with Gasteiger partial charge < -0.3 is 0 Å². The van der Waals surface area contributed by atoms with Crippen LogP contribution in [0.4, 0.5) is 0 Å². The van der Waals surface area contributed by atoms with Crippen molar-refractivity contribution in [2.75, 3.05) is 0 Å². The van der Waals surface area contributed by atoms with Crippen molar-refractivity contribution in [3.05, 3.63) is 28.5 Å². The van der Waals surface area contributed by atoms with Gasteiger partial charge in [0.05, 0.1) is 11.4 Å². The number of fused-ring (bicyclic) bond motifs is 1. The molecule has 0 saturated carbocycles. The smallest absolute Gasteiger partial charge is 0.181 e. The predicted molar refractivity (Wildman–Crippen MR) is 56.4 cm³/mol. The predicted octanol–water partition coefficient (Wildman–Crippen LogP) is 2.67. The molecule has 0 unspecified atom stereocenters. The molecule has 0 aliphatic heterocycles. The minimum Gasteiger partial charge on any atom is -0.276 e. The minimum absolute atomic E-state index is 0.732. The van der Waals surface area contributed by atoms with E-state index in [0.29, 0.717) is 0 Å². The third-order valence-electron chi connectivity index (χ3n) is 1.91. The first-order chi connectivity index (χ1) is 6.22. The van der Waals surface area contributed by atoms with Gasteiger partial charge in [0.15, 0.2) is 5.65 Å². The molecule has 13 heavy (non-hydrogen) atoms. The summed E-state index contributed by atoms with van der Waals surface area (Å²) in [5.74, 6) is 0. The van der Waals surface area contributed by atoms with Crippen LogP contribution in [0.1, 0.15) is 11.4 Å². The van der Waals surface area contributed by atoms with Crippen LogP contribution in [0.15, 0.2) is 17.1 Å². The first-order valence-electron chi connectivity index (χ1n) is 3.86. The summed E-state index contributed by atoms with van der Waals surface area (Å²) in [5, 5.41) is 7.92. The lowest BCUT2D eigenvalue weighted by Gasteiger charge is -1.95. The fourth-order valence-corrected chi connectivity index (χ4v) is 1.50. The number of aryl methyl sites for hydroxylation is 1. The van der Waals surface area contributed by atoms with Crippen molar-refractivity contribution in [3.63, 3.8) is 0 Å². The summed E-state index contributed by atoms with van der Waals surface area (Å²) in [6, 6.07) is 2.00. The van der Waals surface area contributed by atoms with Crippen LogP contribution in [0.3, 0.4) is 0 Å². The second-order valence-electron chi connectivity index (χ2n) is 2.77. The highest BCUT2D eigenvalue weighted by Gasteiger charge is 2.06. The highest BCUT2D eigenvalue weighted by atomic mass is 79.9. The number of pyridine rings is 1. The molecule has 2 aromatic rings. The Kier molecular flexibility index (Phi) is 1.92. The van der Waals surface area contributed by atoms with Crippen LogP contribution in [-0.4, -0.2) is 15.2 Å². The summed E-state index contributed by atoms with van der Waals surface area (Å²) in [5.41, 5.74) is 2.58. The van der Waals surface area contributed by atoms with Crippen molar-refractivity contribution in [2.24, 2.45) is 0 Å². The molecule has 0 aliphatic carbocycles. The summed E-state index contributed by atoms with van der Waals surface area (Å²) in [6.45, 7) is 5.63. The summed E-state index contributed by atoms with van der Waals surface area (Å²) < 4.78 is 0.990. The molecule has 2 rings (SSSR count). The fourth-order valence-electron chi connectivity index (χ4n) is 1.18. The summed E-state index contributed by atoms with van der Waals surface area (Å²) in [6.07, 6.45) is 1.73. The van der Waals surface area contributed by atoms with E-state index in [9.17, 15) is 0 Å². The molecular formula is C9H8BrN3. The van der Waals surface area contributed by atoms with Crippen LogP contribution in [0, 0.1) is 6.92 Å². The van der Waals surface area contributed by atoms with Crippen LogP contribution in [0.2, 0.25) is 0 Å². The van der Waals surface area contributed by atoms with Gasteiger partial charge in [-0.2, -0.15) is 5.10 Å². The van der Waals surface area contributed by atoms with E-state index in [1.807, 2.05) is 13.0 Å². The van der Waals surface area contributed by atoms with Crippen LogP contribution in [0.5, 0.6) is 0 Å². The largest absolute Gasteiger partial charge is 0.276 e. The Morgan fingerprint density at radius 1 is 1.62 bits per heavy atom. The number of H-pyrrole nitrogens is 1. The van der Waals surface area contributed by atoms with E-state index in [-0.39, 0.29) is 0 Å². The SMILES string of the molecule is C=Cc1[nH]nc2nc(C)c(Br)cc12. The van der Waals surface area contributed by atoms with E-state index >= 15 is 0 Å². The average Bonchev–Trinajstić information content (AvgIpc) is 2.48. The zero-order chi connectivity index (χ0) is 9.42. The molecule has 0 amide bonds. The van der Waals surface area contributed by atoms with Gasteiger partial charge in [0.25, 0.3) is 0 Å². The Bertz CT molecular complexity index is 473. The van der Waals surface area contributed by atoms with Gasteiger partial charge in [0.2, 0.25) is 0 Å². The Balaban J connectivity index is 2.84. The normalized spacial score (nSPS) is 10.6. The van der Waals surface area contributed by atoms with Crippen LogP contribution in [0.25, 0.3) is 17.1 Å². The Labute approximate surface area is 84.0 Å². The maximum absolute atomic E-state index is 4.31. The molecule has 0 atom stereocenters. The molecule has 3 nitrogen and oxygen atoms in total. The van der Waals surface area contributed by atoms with Crippen molar-refractivity contribution in [3.8, 4) is 0 Å². The quantitative estimate of drug-likeness (QED) is 0.829. The van der Waals surface area contributed by atoms with Crippen molar-refractivity contribution in [2.45, 2.75) is 6.92 Å². The molecule has 2 heterocycles. The summed E-state index contributed by atoms with van der Waals surface area (Å²) in [4.78, 5) is 4.31. The lowest BCUT2D eigenvalue weighted by Crippen LogP contribution is -1.83. The molecule has 0 aromatic carbocycles. The summed E-state index contributed by atoms with van der Waals surface area (Å²) >= 11 is 3.43. The number of aromatic nitrogens is 3. The van der Waals surface area contributed by atoms with Gasteiger partial charge in [-0.3, -0.25) is 5.10 Å². The minimum atomic E-state index is 0.732. The molecule has 66 valence electrons. The lowest BCUT2D eigenvalue weighted by atomic mass is 10.2. The van der Waals surface area contributed by atoms with Gasteiger partial charge in [-0.1, -0.05) is 6.58 Å². The molecule has 1 N–H and O–H groups in total. The Morgan fingerprint density at radius 2 is 2.38 bits per heavy atom. The molecule has 0 saturated heterocycles. The molecule has 2 aromatic heterocycles. The number of rotatable bonds is 1. The second-order valence-corrected chi connectivity index (χ2v) is 3.62. The number of hydrogen-bond donors (Lipinski definition) is 1. The van der Waals surface area contributed by atoms with E-state index in [0.717, 1.165) is 26.9 Å². The van der Waals surface area contributed by atoms with Gasteiger partial charge in [0, 0.05) is 9.86 Å². The number of nitrogens with zero attached hydrogens (tertiary/aromatic N) is 2. The standard InChI is InChI=1S/C9H8BrN3/c1-3-8-6-4-7(10)5(2)11-9(6)13-12-8/h3-4H,1H2,2H3,(H,11,12,13). The van der Waals surface area contributed by atoms with Crippen LogP contribution < -0.4 is 0 Å². The molecule has 0 bridgehead atoms. The van der Waals surface area contributed by atoms with E-state index < -0.39 is 0 Å². The molecule has 0 aliphatic rings. The second kappa shape index (κ2) is 2.96. The highest BCUT2D eigenvalue weighted by molar-refractivity contribution is 9.10. The van der Waals surface area contributed by atoms with Crippen molar-refractivity contribution < 1.29 is 0 Å². The van der Waals surface area contributed by atoms with Gasteiger partial charge in [0.1, 0.15) is 0 Å². The third kappa shape index (κ3) is 1.27. The number of nitrogens with one attached hydrogen (secondary N) is 1. The van der Waals surface area contributed by atoms with Crippen molar-refractivity contribution in [1.29, 1.82) is 0 Å². The molecular weight excluding hydrogens is 230 g/mol. The average molecular weight is 238 g/mol. The lowest BCUT2D eigenvalue weighted by molar-refractivity contribution is 1.08. The zero-order valence-corrected chi connectivity index (χ0v) is 8.72. The molecule has 0 radical (unpaired) electrons. The Hall–Kier alpha value is -1.16. The molecule has 4 heteroatoms. The van der Waals surface area contributed by atoms with Gasteiger partial charge in [-0.15, -0.1) is 0 Å². The first kappa shape index (κ1) is 8.44. The van der Waals surface area contributed by atoms with Gasteiger partial charge in [-0.05, 0) is 35.0 Å². The number of hydrogen-bond acceptors (Lipinski definition) is 2. The molecule has 0 fully saturated rings. The maximum Gasteiger partial charge on any atom is 0.181 e.